The van der Waals surface area contributed by atoms with Gasteiger partial charge in [-0.15, -0.1) is 0 Å². The Bertz CT molecular complexity index is 648. The number of nitrogens with one attached hydrogen (secondary N) is 1. The molecular weight excluding hydrogens is 315 g/mol. The van der Waals surface area contributed by atoms with Crippen molar-refractivity contribution in [2.24, 2.45) is 5.73 Å². The first-order chi connectivity index (χ1) is 8.97. The van der Waals surface area contributed by atoms with Crippen LogP contribution in [0.3, 0.4) is 0 Å². The van der Waals surface area contributed by atoms with Gasteiger partial charge in [0.2, 0.25) is 0 Å². The summed E-state index contributed by atoms with van der Waals surface area (Å²) >= 11 is 3.08. The Morgan fingerprint density at radius 3 is 2.74 bits per heavy atom. The predicted octanol–water partition coefficient (Wildman–Crippen LogP) is 2.41. The number of carbonyl (C=O) groups is 1. The largest absolute Gasteiger partial charge is 0.397 e. The maximum atomic E-state index is 13.1. The first-order valence-corrected chi connectivity index (χ1v) is 6.04. The summed E-state index contributed by atoms with van der Waals surface area (Å²) in [6.45, 7) is 0. The number of aromatic nitrogens is 1. The second-order valence-corrected chi connectivity index (χ2v) is 4.63. The van der Waals surface area contributed by atoms with Crippen molar-refractivity contribution in [1.82, 2.24) is 4.98 Å². The van der Waals surface area contributed by atoms with Crippen molar-refractivity contribution >= 4 is 39.0 Å². The molecule has 2 rings (SSSR count). The van der Waals surface area contributed by atoms with Crippen LogP contribution in [0.2, 0.25) is 0 Å². The van der Waals surface area contributed by atoms with Crippen molar-refractivity contribution in [1.29, 1.82) is 0 Å². The van der Waals surface area contributed by atoms with Gasteiger partial charge in [-0.1, -0.05) is 0 Å². The summed E-state index contributed by atoms with van der Waals surface area (Å²) in [7, 11) is 0. The minimum Gasteiger partial charge on any atom is -0.397 e. The van der Waals surface area contributed by atoms with Gasteiger partial charge in [0.05, 0.1) is 21.9 Å². The van der Waals surface area contributed by atoms with E-state index >= 15 is 0 Å². The molecule has 0 saturated heterocycles. The molecule has 19 heavy (non-hydrogen) atoms. The van der Waals surface area contributed by atoms with Crippen LogP contribution in [0.5, 0.6) is 0 Å². The van der Waals surface area contributed by atoms with Crippen LogP contribution in [-0.2, 0) is 0 Å². The summed E-state index contributed by atoms with van der Waals surface area (Å²) in [6.07, 6.45) is 1.33. The van der Waals surface area contributed by atoms with E-state index in [1.165, 1.54) is 18.3 Å². The zero-order valence-corrected chi connectivity index (χ0v) is 11.2. The summed E-state index contributed by atoms with van der Waals surface area (Å²) in [4.78, 5) is 15.2. The Morgan fingerprint density at radius 2 is 2.11 bits per heavy atom. The highest BCUT2D eigenvalue weighted by atomic mass is 79.9. The molecule has 0 aliphatic heterocycles. The minimum atomic E-state index is -0.636. The second-order valence-electron chi connectivity index (χ2n) is 3.77. The van der Waals surface area contributed by atoms with E-state index in [9.17, 15) is 9.18 Å². The number of benzene rings is 1. The van der Waals surface area contributed by atoms with Gasteiger partial charge in [0.25, 0.3) is 5.91 Å². The van der Waals surface area contributed by atoms with E-state index in [2.05, 4.69) is 26.2 Å². The van der Waals surface area contributed by atoms with Gasteiger partial charge >= 0.3 is 0 Å². The van der Waals surface area contributed by atoms with Crippen molar-refractivity contribution in [3.8, 4) is 0 Å². The minimum absolute atomic E-state index is 0.179. The normalized spacial score (nSPS) is 10.2. The van der Waals surface area contributed by atoms with Crippen LogP contribution < -0.4 is 16.8 Å². The first kappa shape index (κ1) is 13.3. The highest BCUT2D eigenvalue weighted by Gasteiger charge is 2.08. The molecule has 0 saturated carbocycles. The summed E-state index contributed by atoms with van der Waals surface area (Å²) in [6, 6.07) is 5.84. The summed E-state index contributed by atoms with van der Waals surface area (Å²) in [5.41, 5.74) is 11.8. The molecule has 5 N–H and O–H groups in total. The van der Waals surface area contributed by atoms with Crippen LogP contribution in [-0.4, -0.2) is 10.9 Å². The van der Waals surface area contributed by atoms with E-state index in [-0.39, 0.29) is 17.1 Å². The van der Waals surface area contributed by atoms with Crippen LogP contribution in [0.15, 0.2) is 34.9 Å². The Hall–Kier alpha value is -2.15. The molecule has 1 amide bonds. The lowest BCUT2D eigenvalue weighted by molar-refractivity contribution is 0.100. The Balaban J connectivity index is 2.30. The fourth-order valence-corrected chi connectivity index (χ4v) is 1.85. The number of hydrogen-bond donors (Lipinski definition) is 3. The third-order valence-electron chi connectivity index (χ3n) is 2.39. The molecule has 1 aromatic heterocycles. The van der Waals surface area contributed by atoms with Gasteiger partial charge in [-0.2, -0.15) is 0 Å². The third kappa shape index (κ3) is 3.00. The van der Waals surface area contributed by atoms with E-state index in [1.54, 1.807) is 12.1 Å². The molecule has 0 fully saturated rings. The number of amides is 1. The number of pyridine rings is 1. The lowest BCUT2D eigenvalue weighted by Gasteiger charge is -2.08. The van der Waals surface area contributed by atoms with Crippen LogP contribution in [0, 0.1) is 5.82 Å². The molecule has 0 spiro atoms. The molecule has 7 heteroatoms. The van der Waals surface area contributed by atoms with E-state index in [1.807, 2.05) is 0 Å². The summed E-state index contributed by atoms with van der Waals surface area (Å²) in [5.74, 6) is -0.613. The summed E-state index contributed by atoms with van der Waals surface area (Å²) < 4.78 is 13.4. The number of nitrogens with two attached hydrogens (primary N) is 2. The Kier molecular flexibility index (Phi) is 3.66. The van der Waals surface area contributed by atoms with Crippen molar-refractivity contribution in [3.63, 3.8) is 0 Å². The predicted molar refractivity (Wildman–Crippen MR) is 74.5 cm³/mol. The van der Waals surface area contributed by atoms with Gasteiger partial charge in [0.1, 0.15) is 11.6 Å². The maximum Gasteiger partial charge on any atom is 0.250 e. The standard InChI is InChI=1S/C12H10BrFN4O/c13-8-3-6(1-2-9(8)14)18-11-4-7(12(16)19)10(15)5-17-11/h1-5H,15H2,(H2,16,19)(H,17,18). The summed E-state index contributed by atoms with van der Waals surface area (Å²) in [5, 5.41) is 2.92. The topological polar surface area (TPSA) is 94.0 Å². The molecule has 1 aromatic carbocycles. The molecule has 0 radical (unpaired) electrons. The molecule has 0 bridgehead atoms. The number of nitrogens with zero attached hydrogens (tertiary/aromatic N) is 1. The fraction of sp³-hybridized carbons (Fsp3) is 0. The van der Waals surface area contributed by atoms with Gasteiger partial charge in [0.15, 0.2) is 0 Å². The first-order valence-electron chi connectivity index (χ1n) is 5.25. The van der Waals surface area contributed by atoms with E-state index in [4.69, 9.17) is 11.5 Å². The van der Waals surface area contributed by atoms with E-state index in [0.29, 0.717) is 16.0 Å². The highest BCUT2D eigenvalue weighted by Crippen LogP contribution is 2.23. The third-order valence-corrected chi connectivity index (χ3v) is 3.00. The lowest BCUT2D eigenvalue weighted by Crippen LogP contribution is -2.14. The average molecular weight is 325 g/mol. The molecule has 1 heterocycles. The fourth-order valence-electron chi connectivity index (χ4n) is 1.47. The van der Waals surface area contributed by atoms with Gasteiger partial charge < -0.3 is 16.8 Å². The number of halogens is 2. The number of primary amides is 1. The number of nitrogen functional groups attached to an aromatic ring is 1. The Labute approximate surface area is 116 Å². The average Bonchev–Trinajstić information content (AvgIpc) is 2.36. The van der Waals surface area contributed by atoms with Crippen LogP contribution in [0.4, 0.5) is 21.6 Å². The highest BCUT2D eigenvalue weighted by molar-refractivity contribution is 9.10. The lowest BCUT2D eigenvalue weighted by atomic mass is 10.2. The smallest absolute Gasteiger partial charge is 0.250 e. The molecule has 98 valence electrons. The van der Waals surface area contributed by atoms with Crippen molar-refractivity contribution in [2.45, 2.75) is 0 Å². The molecule has 2 aromatic rings. The van der Waals surface area contributed by atoms with Gasteiger partial charge in [-0.25, -0.2) is 9.37 Å². The van der Waals surface area contributed by atoms with Crippen LogP contribution in [0.25, 0.3) is 0 Å². The molecule has 0 aliphatic rings. The maximum absolute atomic E-state index is 13.1. The van der Waals surface area contributed by atoms with Crippen LogP contribution in [0.1, 0.15) is 10.4 Å². The quantitative estimate of drug-likeness (QED) is 0.808. The Morgan fingerprint density at radius 1 is 1.37 bits per heavy atom. The monoisotopic (exact) mass is 324 g/mol. The van der Waals surface area contributed by atoms with Gasteiger partial charge in [0, 0.05) is 5.69 Å². The zero-order valence-electron chi connectivity index (χ0n) is 9.65. The second kappa shape index (κ2) is 5.23. The molecule has 0 aliphatic carbocycles. The number of hydrogen-bond acceptors (Lipinski definition) is 4. The number of rotatable bonds is 3. The zero-order chi connectivity index (χ0) is 14.0. The molecule has 5 nitrogen and oxygen atoms in total. The van der Waals surface area contributed by atoms with Gasteiger partial charge in [-0.3, -0.25) is 4.79 Å². The van der Waals surface area contributed by atoms with E-state index in [0.717, 1.165) is 0 Å². The molecule has 0 atom stereocenters. The van der Waals surface area contributed by atoms with Gasteiger partial charge in [-0.05, 0) is 40.2 Å². The SMILES string of the molecule is NC(=O)c1cc(Nc2ccc(F)c(Br)c2)ncc1N. The van der Waals surface area contributed by atoms with Crippen LogP contribution >= 0.6 is 15.9 Å². The number of anilines is 3. The van der Waals surface area contributed by atoms with Crippen molar-refractivity contribution < 1.29 is 9.18 Å². The van der Waals surface area contributed by atoms with Crippen molar-refractivity contribution in [2.75, 3.05) is 11.1 Å². The molecular formula is C12H10BrFN4O. The van der Waals surface area contributed by atoms with Crippen molar-refractivity contribution in [3.05, 3.63) is 46.3 Å². The number of carbonyl (C=O) groups excluding carboxylic acids is 1. The molecule has 0 unspecified atom stereocenters. The van der Waals surface area contributed by atoms with E-state index < -0.39 is 5.91 Å².